The monoisotopic (exact) mass is 509 g/mol. The van der Waals surface area contributed by atoms with E-state index in [9.17, 15) is 19.5 Å². The number of aryl methyl sites for hydroxylation is 1. The van der Waals surface area contributed by atoms with Crippen LogP contribution in [0, 0.1) is 18.8 Å². The zero-order valence-electron chi connectivity index (χ0n) is 20.0. The fourth-order valence-corrected chi connectivity index (χ4v) is 4.78. The normalized spacial score (nSPS) is 21.2. The number of aliphatic hydroxyl groups excluding tert-OH is 1. The molecule has 1 fully saturated rings. The summed E-state index contributed by atoms with van der Waals surface area (Å²) in [5.41, 5.74) is 1.42. The van der Waals surface area contributed by atoms with Crippen molar-refractivity contribution in [1.29, 1.82) is 0 Å². The first-order valence-electron chi connectivity index (χ1n) is 11.6. The topological polar surface area (TPSA) is 110 Å². The fourth-order valence-electron chi connectivity index (χ4n) is 4.65. The van der Waals surface area contributed by atoms with Crippen LogP contribution in [-0.4, -0.2) is 40.8 Å². The molecule has 8 nitrogen and oxygen atoms in total. The summed E-state index contributed by atoms with van der Waals surface area (Å²) in [4.78, 5) is 38.7. The van der Waals surface area contributed by atoms with E-state index in [1.54, 1.807) is 54.7 Å². The molecule has 3 atom stereocenters. The molecule has 1 aromatic heterocycles. The Hall–Kier alpha value is -3.46. The van der Waals surface area contributed by atoms with Crippen molar-refractivity contribution >= 4 is 34.8 Å². The molecular formula is C27H28ClN3O5. The van der Waals surface area contributed by atoms with Crippen LogP contribution in [0.2, 0.25) is 5.02 Å². The minimum atomic E-state index is -0.989. The second kappa shape index (κ2) is 10.7. The third kappa shape index (κ3) is 5.36. The Morgan fingerprint density at radius 2 is 1.72 bits per heavy atom. The standard InChI is InChI=1S/C27H28ClN3O5/c1-17-13-20(31-12-4-3-5-24(31)33)10-11-23(17)30-26(35)22-15-27(16-32,36-2)14-21(22)25(34)29-19-8-6-18(28)7-9-19/h3-13,21-22,32H,14-16H2,1-2H3,(H,29,34)(H,30,35)/t21-,22-,27?/m0/s1. The second-order valence-electron chi connectivity index (χ2n) is 9.06. The summed E-state index contributed by atoms with van der Waals surface area (Å²) in [5, 5.41) is 16.3. The highest BCUT2D eigenvalue weighted by molar-refractivity contribution is 6.30. The molecule has 3 aromatic rings. The highest BCUT2D eigenvalue weighted by Gasteiger charge is 2.51. The number of benzene rings is 2. The number of pyridine rings is 1. The lowest BCUT2D eigenvalue weighted by Gasteiger charge is -2.25. The Balaban J connectivity index is 1.55. The number of hydrogen-bond donors (Lipinski definition) is 3. The van der Waals surface area contributed by atoms with Gasteiger partial charge in [-0.05, 0) is 73.9 Å². The summed E-state index contributed by atoms with van der Waals surface area (Å²) in [6.45, 7) is 1.52. The minimum Gasteiger partial charge on any atom is -0.393 e. The molecule has 0 bridgehead atoms. The quantitative estimate of drug-likeness (QED) is 0.449. The van der Waals surface area contributed by atoms with Gasteiger partial charge in [-0.15, -0.1) is 0 Å². The molecule has 1 saturated carbocycles. The molecule has 0 spiro atoms. The molecule has 0 aliphatic heterocycles. The van der Waals surface area contributed by atoms with Crippen molar-refractivity contribution in [2.45, 2.75) is 25.4 Å². The van der Waals surface area contributed by atoms with E-state index in [4.69, 9.17) is 16.3 Å². The molecule has 1 heterocycles. The zero-order chi connectivity index (χ0) is 25.9. The maximum Gasteiger partial charge on any atom is 0.255 e. The van der Waals surface area contributed by atoms with E-state index >= 15 is 0 Å². The first-order chi connectivity index (χ1) is 17.2. The molecule has 9 heteroatoms. The van der Waals surface area contributed by atoms with E-state index in [-0.39, 0.29) is 36.8 Å². The number of nitrogens with zero attached hydrogens (tertiary/aromatic N) is 1. The lowest BCUT2D eigenvalue weighted by atomic mass is 9.94. The van der Waals surface area contributed by atoms with Crippen LogP contribution < -0.4 is 16.2 Å². The number of amides is 2. The summed E-state index contributed by atoms with van der Waals surface area (Å²) in [6, 6.07) is 16.9. The number of aliphatic hydroxyl groups is 1. The third-order valence-electron chi connectivity index (χ3n) is 6.74. The molecule has 1 unspecified atom stereocenters. The maximum atomic E-state index is 13.4. The van der Waals surface area contributed by atoms with Crippen LogP contribution >= 0.6 is 11.6 Å². The van der Waals surface area contributed by atoms with Crippen LogP contribution in [0.5, 0.6) is 0 Å². The van der Waals surface area contributed by atoms with Crippen LogP contribution in [0.25, 0.3) is 5.69 Å². The molecule has 0 radical (unpaired) electrons. The number of rotatable bonds is 7. The largest absolute Gasteiger partial charge is 0.393 e. The fraction of sp³-hybridized carbons (Fsp3) is 0.296. The van der Waals surface area contributed by atoms with E-state index < -0.39 is 17.4 Å². The van der Waals surface area contributed by atoms with Crippen molar-refractivity contribution in [1.82, 2.24) is 4.57 Å². The first-order valence-corrected chi connectivity index (χ1v) is 11.9. The summed E-state index contributed by atoms with van der Waals surface area (Å²) in [6.07, 6.45) is 2.07. The van der Waals surface area contributed by atoms with Crippen LogP contribution in [0.4, 0.5) is 11.4 Å². The molecule has 36 heavy (non-hydrogen) atoms. The average Bonchev–Trinajstić information content (AvgIpc) is 3.28. The van der Waals surface area contributed by atoms with Gasteiger partial charge in [0.15, 0.2) is 0 Å². The van der Waals surface area contributed by atoms with Crippen LogP contribution in [0.15, 0.2) is 71.7 Å². The first kappa shape index (κ1) is 25.6. The van der Waals surface area contributed by atoms with Gasteiger partial charge in [0, 0.05) is 41.5 Å². The van der Waals surface area contributed by atoms with Gasteiger partial charge in [0.2, 0.25) is 11.8 Å². The van der Waals surface area contributed by atoms with Gasteiger partial charge in [-0.25, -0.2) is 0 Å². The lowest BCUT2D eigenvalue weighted by molar-refractivity contribution is -0.128. The van der Waals surface area contributed by atoms with Crippen molar-refractivity contribution in [3.8, 4) is 5.69 Å². The van der Waals surface area contributed by atoms with Gasteiger partial charge in [-0.3, -0.25) is 19.0 Å². The lowest BCUT2D eigenvalue weighted by Crippen LogP contribution is -2.34. The molecule has 3 N–H and O–H groups in total. The number of hydrogen-bond acceptors (Lipinski definition) is 5. The van der Waals surface area contributed by atoms with E-state index in [0.717, 1.165) is 5.56 Å². The Morgan fingerprint density at radius 1 is 1.06 bits per heavy atom. The number of aromatic nitrogens is 1. The van der Waals surface area contributed by atoms with Gasteiger partial charge in [0.05, 0.1) is 24.0 Å². The number of carbonyl (C=O) groups is 2. The molecule has 1 aliphatic rings. The van der Waals surface area contributed by atoms with E-state index in [2.05, 4.69) is 10.6 Å². The van der Waals surface area contributed by atoms with Crippen molar-refractivity contribution in [2.75, 3.05) is 24.4 Å². The number of methoxy groups -OCH3 is 1. The molecule has 4 rings (SSSR count). The summed E-state index contributed by atoms with van der Waals surface area (Å²) in [7, 11) is 1.47. The third-order valence-corrected chi connectivity index (χ3v) is 7.00. The average molecular weight is 510 g/mol. The Morgan fingerprint density at radius 3 is 2.31 bits per heavy atom. The second-order valence-corrected chi connectivity index (χ2v) is 9.50. The van der Waals surface area contributed by atoms with Gasteiger partial charge in [0.25, 0.3) is 5.56 Å². The summed E-state index contributed by atoms with van der Waals surface area (Å²) >= 11 is 5.93. The van der Waals surface area contributed by atoms with Crippen molar-refractivity contribution in [3.05, 3.63) is 87.8 Å². The van der Waals surface area contributed by atoms with E-state index in [1.165, 1.54) is 17.7 Å². The van der Waals surface area contributed by atoms with Crippen molar-refractivity contribution < 1.29 is 19.4 Å². The maximum absolute atomic E-state index is 13.4. The van der Waals surface area contributed by atoms with Crippen LogP contribution in [0.3, 0.4) is 0 Å². The summed E-state index contributed by atoms with van der Waals surface area (Å²) in [5.74, 6) is -2.11. The molecule has 1 aliphatic carbocycles. The number of ether oxygens (including phenoxy) is 1. The van der Waals surface area contributed by atoms with Gasteiger partial charge in [-0.2, -0.15) is 0 Å². The van der Waals surface area contributed by atoms with Gasteiger partial charge < -0.3 is 20.5 Å². The molecule has 2 amide bonds. The van der Waals surface area contributed by atoms with Crippen molar-refractivity contribution in [3.63, 3.8) is 0 Å². The SMILES string of the molecule is COC1(CO)C[C@H](C(=O)Nc2ccc(Cl)cc2)[C@@H](C(=O)Nc2ccc(-n3ccccc3=O)cc2C)C1. The number of carbonyl (C=O) groups excluding carboxylic acids is 2. The molecule has 188 valence electrons. The number of anilines is 2. The Labute approximate surface area is 213 Å². The summed E-state index contributed by atoms with van der Waals surface area (Å²) < 4.78 is 7.08. The Kier molecular flexibility index (Phi) is 7.59. The molecular weight excluding hydrogens is 482 g/mol. The predicted molar refractivity (Wildman–Crippen MR) is 139 cm³/mol. The van der Waals surface area contributed by atoms with Crippen molar-refractivity contribution in [2.24, 2.45) is 11.8 Å². The number of nitrogens with one attached hydrogen (secondary N) is 2. The van der Waals surface area contributed by atoms with E-state index in [1.807, 2.05) is 13.0 Å². The van der Waals surface area contributed by atoms with Gasteiger partial charge in [-0.1, -0.05) is 17.7 Å². The predicted octanol–water partition coefficient (Wildman–Crippen LogP) is 3.78. The minimum absolute atomic E-state index is 0.158. The van der Waals surface area contributed by atoms with Gasteiger partial charge in [0.1, 0.15) is 0 Å². The van der Waals surface area contributed by atoms with Gasteiger partial charge >= 0.3 is 0 Å². The van der Waals surface area contributed by atoms with Crippen LogP contribution in [-0.2, 0) is 14.3 Å². The number of halogens is 1. The zero-order valence-corrected chi connectivity index (χ0v) is 20.8. The van der Waals surface area contributed by atoms with Crippen LogP contribution in [0.1, 0.15) is 18.4 Å². The molecule has 0 saturated heterocycles. The van der Waals surface area contributed by atoms with E-state index in [0.29, 0.717) is 22.1 Å². The smallest absolute Gasteiger partial charge is 0.255 e. The highest BCUT2D eigenvalue weighted by Crippen LogP contribution is 2.42. The highest BCUT2D eigenvalue weighted by atomic mass is 35.5. The molecule has 2 aromatic carbocycles. The Bertz CT molecular complexity index is 1320.